The largest absolute Gasteiger partial charge is 0.496 e. The van der Waals surface area contributed by atoms with Crippen molar-refractivity contribution < 1.29 is 31.8 Å². The lowest BCUT2D eigenvalue weighted by atomic mass is 9.63. The Morgan fingerprint density at radius 3 is 2.42 bits per heavy atom. The minimum Gasteiger partial charge on any atom is -0.496 e. The van der Waals surface area contributed by atoms with E-state index in [0.717, 1.165) is 24.3 Å². The topological polar surface area (TPSA) is 67.3 Å². The van der Waals surface area contributed by atoms with E-state index in [4.69, 9.17) is 4.74 Å². The monoisotopic (exact) mass is 467 g/mol. The second kappa shape index (κ2) is 7.51. The van der Waals surface area contributed by atoms with Crippen molar-refractivity contribution in [2.24, 2.45) is 0 Å². The van der Waals surface area contributed by atoms with Crippen molar-refractivity contribution in [3.8, 4) is 5.75 Å². The quantitative estimate of drug-likeness (QED) is 0.508. The Labute approximate surface area is 186 Å². The minimum atomic E-state index is -5.09. The van der Waals surface area contributed by atoms with Gasteiger partial charge in [0.15, 0.2) is 5.60 Å². The van der Waals surface area contributed by atoms with Gasteiger partial charge in [-0.05, 0) is 36.5 Å². The third-order valence-corrected chi connectivity index (χ3v) is 6.07. The molecule has 0 bridgehead atoms. The molecule has 2 atom stereocenters. The fourth-order valence-electron chi connectivity index (χ4n) is 4.77. The number of hydrogen-bond acceptors (Lipinski definition) is 5. The number of nitrogens with one attached hydrogen (secondary N) is 1. The molecule has 2 N–H and O–H groups in total. The fraction of sp³-hybridized carbons (Fsp3) is 0.391. The molecule has 1 aliphatic carbocycles. The average Bonchev–Trinajstić information content (AvgIpc) is 2.68. The van der Waals surface area contributed by atoms with Crippen molar-refractivity contribution in [3.05, 3.63) is 59.0 Å². The van der Waals surface area contributed by atoms with E-state index in [9.17, 15) is 27.1 Å². The maximum absolute atomic E-state index is 14.5. The van der Waals surface area contributed by atoms with Crippen molar-refractivity contribution in [3.63, 3.8) is 0 Å². The van der Waals surface area contributed by atoms with Gasteiger partial charge in [0, 0.05) is 35.0 Å². The minimum absolute atomic E-state index is 0.0634. The molecule has 33 heavy (non-hydrogen) atoms. The number of ether oxygens (including phenoxy) is 1. The van der Waals surface area contributed by atoms with Gasteiger partial charge in [0.25, 0.3) is 0 Å². The molecule has 3 aromatic rings. The van der Waals surface area contributed by atoms with Gasteiger partial charge in [-0.25, -0.2) is 18.7 Å². The number of methoxy groups -OCH3 is 1. The highest BCUT2D eigenvalue weighted by Crippen LogP contribution is 2.56. The summed E-state index contributed by atoms with van der Waals surface area (Å²) in [6.07, 6.45) is -4.47. The summed E-state index contributed by atoms with van der Waals surface area (Å²) in [6.45, 7) is 4.63. The normalized spacial score (nSPS) is 22.2. The molecule has 1 aromatic heterocycles. The van der Waals surface area contributed by atoms with Crippen LogP contribution in [0.1, 0.15) is 43.3 Å². The van der Waals surface area contributed by atoms with Gasteiger partial charge >= 0.3 is 6.18 Å². The van der Waals surface area contributed by atoms with Crippen molar-refractivity contribution in [2.75, 3.05) is 12.4 Å². The van der Waals surface area contributed by atoms with Crippen LogP contribution in [-0.4, -0.2) is 34.0 Å². The molecule has 176 valence electrons. The molecule has 5 nitrogen and oxygen atoms in total. The third kappa shape index (κ3) is 3.76. The smallest absolute Gasteiger partial charge is 0.419 e. The van der Waals surface area contributed by atoms with Gasteiger partial charge in [-0.1, -0.05) is 13.8 Å². The predicted molar refractivity (Wildman–Crippen MR) is 112 cm³/mol. The molecular formula is C23H22F5N3O2. The summed E-state index contributed by atoms with van der Waals surface area (Å²) in [5, 5.41) is 14.0. The van der Waals surface area contributed by atoms with E-state index in [1.54, 1.807) is 6.92 Å². The first-order valence-corrected chi connectivity index (χ1v) is 10.1. The summed E-state index contributed by atoms with van der Waals surface area (Å²) in [7, 11) is 1.29. The van der Waals surface area contributed by atoms with Crippen LogP contribution in [0.15, 0.2) is 30.5 Å². The summed E-state index contributed by atoms with van der Waals surface area (Å²) in [6, 6.07) is 2.29. The Hall–Kier alpha value is -3.01. The van der Waals surface area contributed by atoms with Gasteiger partial charge < -0.3 is 15.2 Å². The summed E-state index contributed by atoms with van der Waals surface area (Å²) in [4.78, 5) is 8.17. The van der Waals surface area contributed by atoms with Crippen LogP contribution >= 0.6 is 0 Å². The second-order valence-electron chi connectivity index (χ2n) is 8.94. The Morgan fingerprint density at radius 2 is 1.79 bits per heavy atom. The third-order valence-electron chi connectivity index (χ3n) is 6.07. The molecule has 0 spiro atoms. The van der Waals surface area contributed by atoms with Crippen LogP contribution in [0.2, 0.25) is 0 Å². The van der Waals surface area contributed by atoms with Crippen LogP contribution in [0, 0.1) is 18.6 Å². The van der Waals surface area contributed by atoms with E-state index in [2.05, 4.69) is 15.3 Å². The number of aryl methyl sites for hydroxylation is 1. The van der Waals surface area contributed by atoms with Gasteiger partial charge in [0.2, 0.25) is 0 Å². The predicted octanol–water partition coefficient (Wildman–Crippen LogP) is 5.35. The highest BCUT2D eigenvalue weighted by atomic mass is 19.4. The molecule has 0 amide bonds. The highest BCUT2D eigenvalue weighted by molar-refractivity contribution is 5.91. The molecule has 0 saturated carbocycles. The molecule has 1 aliphatic rings. The maximum Gasteiger partial charge on any atom is 0.419 e. The zero-order chi connectivity index (χ0) is 24.3. The highest BCUT2D eigenvalue weighted by Gasteiger charge is 2.64. The van der Waals surface area contributed by atoms with Gasteiger partial charge in [0.1, 0.15) is 23.2 Å². The van der Waals surface area contributed by atoms with Crippen molar-refractivity contribution in [2.45, 2.75) is 50.4 Å². The number of halogens is 5. The summed E-state index contributed by atoms with van der Waals surface area (Å²) in [5.41, 5.74) is -4.22. The molecule has 0 fully saturated rings. The van der Waals surface area contributed by atoms with E-state index in [-0.39, 0.29) is 27.9 Å². The van der Waals surface area contributed by atoms with Crippen LogP contribution in [0.3, 0.4) is 0 Å². The molecule has 10 heteroatoms. The van der Waals surface area contributed by atoms with E-state index < -0.39 is 41.3 Å². The first kappa shape index (κ1) is 23.2. The summed E-state index contributed by atoms with van der Waals surface area (Å²) < 4.78 is 77.1. The molecular weight excluding hydrogens is 445 g/mol. The Morgan fingerprint density at radius 1 is 1.12 bits per heavy atom. The average molecular weight is 467 g/mol. The number of rotatable bonds is 3. The van der Waals surface area contributed by atoms with Gasteiger partial charge in [-0.15, -0.1) is 0 Å². The van der Waals surface area contributed by atoms with Crippen LogP contribution in [0.4, 0.5) is 27.6 Å². The van der Waals surface area contributed by atoms with Crippen LogP contribution in [-0.2, 0) is 5.41 Å². The number of aromatic nitrogens is 2. The van der Waals surface area contributed by atoms with Gasteiger partial charge in [-0.3, -0.25) is 0 Å². The molecule has 0 radical (unpaired) electrons. The van der Waals surface area contributed by atoms with Gasteiger partial charge in [-0.2, -0.15) is 13.2 Å². The zero-order valence-corrected chi connectivity index (χ0v) is 18.3. The zero-order valence-electron chi connectivity index (χ0n) is 18.3. The summed E-state index contributed by atoms with van der Waals surface area (Å²) in [5.74, 6) is -1.16. The van der Waals surface area contributed by atoms with Crippen molar-refractivity contribution in [1.29, 1.82) is 0 Å². The van der Waals surface area contributed by atoms with Crippen LogP contribution < -0.4 is 10.1 Å². The van der Waals surface area contributed by atoms with E-state index in [1.807, 2.05) is 0 Å². The van der Waals surface area contributed by atoms with Crippen LogP contribution in [0.5, 0.6) is 5.75 Å². The lowest BCUT2D eigenvalue weighted by Crippen LogP contribution is -2.58. The second-order valence-corrected chi connectivity index (χ2v) is 8.94. The van der Waals surface area contributed by atoms with Crippen LogP contribution in [0.25, 0.3) is 10.9 Å². The number of hydrogen-bond donors (Lipinski definition) is 2. The maximum atomic E-state index is 14.5. The number of fused-ring (bicyclic) bond motifs is 2. The first-order chi connectivity index (χ1) is 15.3. The SMILES string of the molecule is COc1cc(F)cc2c1C(C)(C)C[C@@](O)(C(F)(F)F)[C@H]2Nc1cc(F)cc2nc(C)ncc12. The molecule has 1 heterocycles. The number of alkyl halides is 3. The summed E-state index contributed by atoms with van der Waals surface area (Å²) >= 11 is 0. The molecule has 4 rings (SSSR count). The number of nitrogens with zero attached hydrogens (tertiary/aromatic N) is 2. The van der Waals surface area contributed by atoms with Crippen molar-refractivity contribution >= 4 is 16.6 Å². The first-order valence-electron chi connectivity index (χ1n) is 10.1. The lowest BCUT2D eigenvalue weighted by molar-refractivity contribution is -0.276. The molecule has 0 aliphatic heterocycles. The number of aliphatic hydroxyl groups is 1. The number of benzene rings is 2. The van der Waals surface area contributed by atoms with Crippen molar-refractivity contribution in [1.82, 2.24) is 9.97 Å². The standard InChI is InChI=1S/C23H22F5N3O2/c1-11-29-9-15-16(30-11)6-13(25)7-17(15)31-20-14-5-12(24)8-18(33-4)19(14)21(2,3)10-22(20,32)23(26,27)28/h5-9,20,31-32H,10H2,1-4H3/t20-,22-/m0/s1. The van der Waals surface area contributed by atoms with E-state index >= 15 is 0 Å². The molecule has 0 saturated heterocycles. The Bertz CT molecular complexity index is 1240. The lowest BCUT2D eigenvalue weighted by Gasteiger charge is -2.49. The van der Waals surface area contributed by atoms with Gasteiger partial charge in [0.05, 0.1) is 18.7 Å². The van der Waals surface area contributed by atoms with E-state index in [1.165, 1.54) is 27.2 Å². The fourth-order valence-corrected chi connectivity index (χ4v) is 4.77. The molecule has 0 unspecified atom stereocenters. The number of anilines is 1. The Kier molecular flexibility index (Phi) is 5.27. The molecule has 2 aromatic carbocycles. The Balaban J connectivity index is 2.00. The van der Waals surface area contributed by atoms with E-state index in [0.29, 0.717) is 11.4 Å².